The molecule has 0 aromatic heterocycles. The van der Waals surface area contributed by atoms with Gasteiger partial charge in [0, 0.05) is 17.6 Å². The summed E-state index contributed by atoms with van der Waals surface area (Å²) in [6, 6.07) is 11.6. The molecule has 2 aromatic carbocycles. The first kappa shape index (κ1) is 27.7. The molecule has 1 N–H and O–H groups in total. The maximum atomic E-state index is 13.6. The highest BCUT2D eigenvalue weighted by Gasteiger charge is 2.31. The van der Waals surface area contributed by atoms with Crippen molar-refractivity contribution in [3.8, 4) is 0 Å². The van der Waals surface area contributed by atoms with Crippen LogP contribution in [-0.4, -0.2) is 50.0 Å². The molecule has 34 heavy (non-hydrogen) atoms. The van der Waals surface area contributed by atoms with Gasteiger partial charge in [-0.05, 0) is 62.9 Å². The van der Waals surface area contributed by atoms with Crippen LogP contribution in [0.5, 0.6) is 0 Å². The minimum absolute atomic E-state index is 0.0513. The Morgan fingerprint density at radius 1 is 1.03 bits per heavy atom. The molecule has 2 atom stereocenters. The van der Waals surface area contributed by atoms with Gasteiger partial charge >= 0.3 is 0 Å². The Morgan fingerprint density at radius 2 is 1.59 bits per heavy atom. The van der Waals surface area contributed by atoms with Crippen LogP contribution in [0.15, 0.2) is 42.5 Å². The Labute approximate surface area is 208 Å². The third kappa shape index (κ3) is 7.21. The lowest BCUT2D eigenvalue weighted by atomic mass is 10.1. The molecule has 0 heterocycles. The van der Waals surface area contributed by atoms with Gasteiger partial charge in [-0.2, -0.15) is 0 Å². The molecule has 0 unspecified atom stereocenters. The van der Waals surface area contributed by atoms with Crippen molar-refractivity contribution >= 4 is 39.1 Å². The van der Waals surface area contributed by atoms with Gasteiger partial charge in [0.05, 0.1) is 11.9 Å². The summed E-state index contributed by atoms with van der Waals surface area (Å²) in [6.07, 6.45) is 1.83. The highest BCUT2D eigenvalue weighted by atomic mass is 35.5. The van der Waals surface area contributed by atoms with E-state index in [2.05, 4.69) is 5.32 Å². The van der Waals surface area contributed by atoms with Crippen molar-refractivity contribution in [2.45, 2.75) is 59.7 Å². The third-order valence-electron chi connectivity index (χ3n) is 5.80. The van der Waals surface area contributed by atoms with Crippen LogP contribution < -0.4 is 9.62 Å². The number of rotatable bonds is 10. The van der Waals surface area contributed by atoms with E-state index in [1.807, 2.05) is 19.9 Å². The van der Waals surface area contributed by atoms with Crippen LogP contribution in [0.3, 0.4) is 0 Å². The Bertz CT molecular complexity index is 1100. The summed E-state index contributed by atoms with van der Waals surface area (Å²) in [7, 11) is -3.77. The number of carbonyl (C=O) groups excluding carboxylic acids is 2. The van der Waals surface area contributed by atoms with Crippen molar-refractivity contribution in [2.24, 2.45) is 0 Å². The number of hydrogen-bond acceptors (Lipinski definition) is 4. The Kier molecular flexibility index (Phi) is 9.53. The van der Waals surface area contributed by atoms with E-state index < -0.39 is 28.5 Å². The van der Waals surface area contributed by atoms with E-state index in [1.54, 1.807) is 57.2 Å². The standard InChI is InChI=1S/C25H34ClN3O4S/c1-7-19(4)27-25(31)20(5)28(15-21-11-13-22(26)14-12-21)23(30)16-29(34(6,32)33)24-17(2)9-8-10-18(24)3/h8-14,19-20H,7,15-16H2,1-6H3,(H,27,31)/t19-,20-/m1/s1. The molecule has 9 heteroatoms. The number of sulfonamides is 1. The average molecular weight is 508 g/mol. The molecule has 2 amide bonds. The van der Waals surface area contributed by atoms with Crippen molar-refractivity contribution in [1.29, 1.82) is 0 Å². The number of carbonyl (C=O) groups is 2. The summed E-state index contributed by atoms with van der Waals surface area (Å²) in [5.41, 5.74) is 2.73. The summed E-state index contributed by atoms with van der Waals surface area (Å²) < 4.78 is 26.6. The number of hydrogen-bond donors (Lipinski definition) is 1. The summed E-state index contributed by atoms with van der Waals surface area (Å²) in [5.74, 6) is -0.774. The summed E-state index contributed by atoms with van der Waals surface area (Å²) in [5, 5.41) is 3.47. The molecule has 7 nitrogen and oxygen atoms in total. The van der Waals surface area contributed by atoms with E-state index in [1.165, 1.54) is 4.90 Å². The Hall–Kier alpha value is -2.58. The fraction of sp³-hybridized carbons (Fsp3) is 0.440. The predicted molar refractivity (Wildman–Crippen MR) is 137 cm³/mol. The van der Waals surface area contributed by atoms with Crippen molar-refractivity contribution in [3.63, 3.8) is 0 Å². The smallest absolute Gasteiger partial charge is 0.244 e. The van der Waals surface area contributed by atoms with Crippen LogP contribution in [0.25, 0.3) is 0 Å². The van der Waals surface area contributed by atoms with E-state index >= 15 is 0 Å². The van der Waals surface area contributed by atoms with Crippen molar-refractivity contribution in [3.05, 3.63) is 64.2 Å². The van der Waals surface area contributed by atoms with Gasteiger partial charge in [0.1, 0.15) is 12.6 Å². The lowest BCUT2D eigenvalue weighted by molar-refractivity contribution is -0.139. The predicted octanol–water partition coefficient (Wildman–Crippen LogP) is 4.05. The van der Waals surface area contributed by atoms with E-state index in [-0.39, 0.29) is 18.5 Å². The number of halogens is 1. The van der Waals surface area contributed by atoms with Gasteiger partial charge in [-0.15, -0.1) is 0 Å². The lowest BCUT2D eigenvalue weighted by Gasteiger charge is -2.32. The first-order valence-corrected chi connectivity index (χ1v) is 13.5. The molecule has 0 aliphatic heterocycles. The number of nitrogens with zero attached hydrogens (tertiary/aromatic N) is 2. The largest absolute Gasteiger partial charge is 0.352 e. The van der Waals surface area contributed by atoms with Gasteiger partial charge < -0.3 is 10.2 Å². The van der Waals surface area contributed by atoms with Crippen molar-refractivity contribution < 1.29 is 18.0 Å². The van der Waals surface area contributed by atoms with Crippen LogP contribution in [0.2, 0.25) is 5.02 Å². The molecule has 0 bridgehead atoms. The minimum atomic E-state index is -3.77. The number of nitrogens with one attached hydrogen (secondary N) is 1. The maximum Gasteiger partial charge on any atom is 0.244 e. The first-order chi connectivity index (χ1) is 15.8. The van der Waals surface area contributed by atoms with Gasteiger partial charge in [0.15, 0.2) is 0 Å². The molecule has 0 fully saturated rings. The molecule has 0 saturated carbocycles. The molecule has 0 spiro atoms. The molecule has 186 valence electrons. The van der Waals surface area contributed by atoms with Gasteiger partial charge in [-0.25, -0.2) is 8.42 Å². The zero-order valence-corrected chi connectivity index (χ0v) is 22.2. The van der Waals surface area contributed by atoms with E-state index in [4.69, 9.17) is 11.6 Å². The zero-order chi connectivity index (χ0) is 25.6. The summed E-state index contributed by atoms with van der Waals surface area (Å²) in [6.45, 7) is 8.82. The van der Waals surface area contributed by atoms with Crippen molar-refractivity contribution in [2.75, 3.05) is 17.1 Å². The molecule has 0 aliphatic carbocycles. The number of amides is 2. The fourth-order valence-electron chi connectivity index (χ4n) is 3.61. The Balaban J connectivity index is 2.43. The van der Waals surface area contributed by atoms with E-state index in [0.29, 0.717) is 10.7 Å². The molecule has 2 rings (SSSR count). The minimum Gasteiger partial charge on any atom is -0.352 e. The summed E-state index contributed by atoms with van der Waals surface area (Å²) >= 11 is 6.00. The number of anilines is 1. The second-order valence-electron chi connectivity index (χ2n) is 8.65. The van der Waals surface area contributed by atoms with Crippen LogP contribution in [0.4, 0.5) is 5.69 Å². The molecular formula is C25H34ClN3O4S. The highest BCUT2D eigenvalue weighted by Crippen LogP contribution is 2.27. The number of aryl methyl sites for hydroxylation is 2. The van der Waals surface area contributed by atoms with Gasteiger partial charge in [0.2, 0.25) is 21.8 Å². The van der Waals surface area contributed by atoms with Crippen LogP contribution in [0, 0.1) is 13.8 Å². The maximum absolute atomic E-state index is 13.6. The molecular weight excluding hydrogens is 474 g/mol. The quantitative estimate of drug-likeness (QED) is 0.525. The molecule has 0 aliphatic rings. The monoisotopic (exact) mass is 507 g/mol. The molecule has 0 radical (unpaired) electrons. The van der Waals surface area contributed by atoms with E-state index in [9.17, 15) is 18.0 Å². The average Bonchev–Trinajstić information content (AvgIpc) is 2.76. The SMILES string of the molecule is CC[C@@H](C)NC(=O)[C@@H](C)N(Cc1ccc(Cl)cc1)C(=O)CN(c1c(C)cccc1C)S(C)(=O)=O. The normalized spacial score (nSPS) is 13.1. The second kappa shape index (κ2) is 11.7. The third-order valence-corrected chi connectivity index (χ3v) is 7.17. The fourth-order valence-corrected chi connectivity index (χ4v) is 4.70. The molecule has 0 saturated heterocycles. The Morgan fingerprint density at radius 3 is 2.09 bits per heavy atom. The van der Waals surface area contributed by atoms with E-state index in [0.717, 1.165) is 33.7 Å². The topological polar surface area (TPSA) is 86.8 Å². The zero-order valence-electron chi connectivity index (χ0n) is 20.6. The first-order valence-electron chi connectivity index (χ1n) is 11.2. The lowest BCUT2D eigenvalue weighted by Crippen LogP contribution is -2.52. The second-order valence-corrected chi connectivity index (χ2v) is 11.0. The highest BCUT2D eigenvalue weighted by molar-refractivity contribution is 7.92. The number of benzene rings is 2. The number of para-hydroxylation sites is 1. The van der Waals surface area contributed by atoms with Gasteiger partial charge in [0.25, 0.3) is 0 Å². The van der Waals surface area contributed by atoms with Crippen molar-refractivity contribution in [1.82, 2.24) is 10.2 Å². The van der Waals surface area contributed by atoms with Gasteiger partial charge in [-0.3, -0.25) is 13.9 Å². The molecule has 2 aromatic rings. The summed E-state index contributed by atoms with van der Waals surface area (Å²) in [4.78, 5) is 27.9. The van der Waals surface area contributed by atoms with Crippen LogP contribution >= 0.6 is 11.6 Å². The van der Waals surface area contributed by atoms with Crippen LogP contribution in [0.1, 0.15) is 43.9 Å². The van der Waals surface area contributed by atoms with Gasteiger partial charge in [-0.1, -0.05) is 48.9 Å². The van der Waals surface area contributed by atoms with Crippen LogP contribution in [-0.2, 0) is 26.2 Å².